The number of ether oxygens (including phenoxy) is 1. The smallest absolute Gasteiger partial charge is 0.320 e. The summed E-state index contributed by atoms with van der Waals surface area (Å²) in [7, 11) is 0. The van der Waals surface area contributed by atoms with Crippen LogP contribution in [0.1, 0.15) is 18.9 Å². The molecule has 2 aromatic rings. The fourth-order valence-electron chi connectivity index (χ4n) is 2.89. The van der Waals surface area contributed by atoms with Gasteiger partial charge in [0, 0.05) is 24.8 Å². The minimum atomic E-state index is -0.366. The fourth-order valence-corrected chi connectivity index (χ4v) is 2.89. The second kappa shape index (κ2) is 7.86. The molecule has 7 nitrogen and oxygen atoms in total. The monoisotopic (exact) mass is 354 g/mol. The predicted octanol–water partition coefficient (Wildman–Crippen LogP) is 2.72. The Labute approximate surface area is 152 Å². The lowest BCUT2D eigenvalue weighted by Gasteiger charge is -2.18. The first-order valence-corrected chi connectivity index (χ1v) is 8.58. The molecule has 0 spiro atoms. The molecule has 1 unspecified atom stereocenters. The van der Waals surface area contributed by atoms with Gasteiger partial charge in [0.25, 0.3) is 0 Å². The standard InChI is InChI=1S/C19H22N4O3/c1-3-26-16-6-4-15(5-7-16)23-12-14(11-18(23)24)21-19(25)22-17-10-13(2)8-9-20-17/h4-10,14H,3,11-12H2,1-2H3,(H2,20,21,22,25). The molecule has 3 rings (SSSR count). The highest BCUT2D eigenvalue weighted by molar-refractivity contribution is 5.97. The molecule has 0 radical (unpaired) electrons. The van der Waals surface area contributed by atoms with Crippen molar-refractivity contribution in [1.82, 2.24) is 10.3 Å². The number of nitrogens with zero attached hydrogens (tertiary/aromatic N) is 2. The van der Waals surface area contributed by atoms with E-state index in [1.54, 1.807) is 17.2 Å². The van der Waals surface area contributed by atoms with Crippen LogP contribution in [0.2, 0.25) is 0 Å². The number of amides is 3. The summed E-state index contributed by atoms with van der Waals surface area (Å²) in [6.07, 6.45) is 1.90. The quantitative estimate of drug-likeness (QED) is 0.865. The van der Waals surface area contributed by atoms with Gasteiger partial charge in [0.05, 0.1) is 12.6 Å². The molecule has 26 heavy (non-hydrogen) atoms. The molecule has 2 heterocycles. The maximum Gasteiger partial charge on any atom is 0.320 e. The van der Waals surface area contributed by atoms with Gasteiger partial charge in [0.15, 0.2) is 0 Å². The first-order chi connectivity index (χ1) is 12.5. The molecule has 2 N–H and O–H groups in total. The third-order valence-corrected chi connectivity index (χ3v) is 4.08. The van der Waals surface area contributed by atoms with Crippen LogP contribution in [-0.2, 0) is 4.79 Å². The Bertz CT molecular complexity index is 792. The van der Waals surface area contributed by atoms with Crippen molar-refractivity contribution in [3.05, 3.63) is 48.2 Å². The number of aromatic nitrogens is 1. The van der Waals surface area contributed by atoms with Crippen LogP contribution < -0.4 is 20.3 Å². The Morgan fingerprint density at radius 1 is 1.31 bits per heavy atom. The lowest BCUT2D eigenvalue weighted by atomic mass is 10.2. The number of aryl methyl sites for hydroxylation is 1. The van der Waals surface area contributed by atoms with Crippen molar-refractivity contribution in [1.29, 1.82) is 0 Å². The Morgan fingerprint density at radius 2 is 2.08 bits per heavy atom. The summed E-state index contributed by atoms with van der Waals surface area (Å²) in [5.41, 5.74) is 1.80. The number of rotatable bonds is 5. The maximum absolute atomic E-state index is 12.3. The third kappa shape index (κ3) is 4.30. The van der Waals surface area contributed by atoms with E-state index >= 15 is 0 Å². The van der Waals surface area contributed by atoms with Crippen LogP contribution in [-0.4, -0.2) is 36.1 Å². The molecule has 1 aliphatic heterocycles. The van der Waals surface area contributed by atoms with Gasteiger partial charge in [0.2, 0.25) is 5.91 Å². The van der Waals surface area contributed by atoms with E-state index in [2.05, 4.69) is 15.6 Å². The van der Waals surface area contributed by atoms with Gasteiger partial charge in [0.1, 0.15) is 11.6 Å². The van der Waals surface area contributed by atoms with Gasteiger partial charge in [-0.05, 0) is 55.8 Å². The average Bonchev–Trinajstić information content (AvgIpc) is 2.96. The molecule has 1 aromatic heterocycles. The highest BCUT2D eigenvalue weighted by Crippen LogP contribution is 2.24. The summed E-state index contributed by atoms with van der Waals surface area (Å²) >= 11 is 0. The summed E-state index contributed by atoms with van der Waals surface area (Å²) in [6, 6.07) is 10.4. The van der Waals surface area contributed by atoms with E-state index in [1.165, 1.54) is 0 Å². The highest BCUT2D eigenvalue weighted by Gasteiger charge is 2.31. The van der Waals surface area contributed by atoms with Crippen LogP contribution in [0.4, 0.5) is 16.3 Å². The molecule has 1 saturated heterocycles. The van der Waals surface area contributed by atoms with Gasteiger partial charge < -0.3 is 15.0 Å². The van der Waals surface area contributed by atoms with Gasteiger partial charge in [-0.2, -0.15) is 0 Å². The number of nitrogens with one attached hydrogen (secondary N) is 2. The average molecular weight is 354 g/mol. The third-order valence-electron chi connectivity index (χ3n) is 4.08. The van der Waals surface area contributed by atoms with Crippen LogP contribution in [0.15, 0.2) is 42.6 Å². The second-order valence-corrected chi connectivity index (χ2v) is 6.15. The van der Waals surface area contributed by atoms with Gasteiger partial charge in [-0.1, -0.05) is 0 Å². The first kappa shape index (κ1) is 17.7. The van der Waals surface area contributed by atoms with Crippen LogP contribution >= 0.6 is 0 Å². The van der Waals surface area contributed by atoms with Crippen molar-refractivity contribution in [2.24, 2.45) is 0 Å². The van der Waals surface area contributed by atoms with Crippen molar-refractivity contribution >= 4 is 23.4 Å². The summed E-state index contributed by atoms with van der Waals surface area (Å²) in [5, 5.41) is 5.52. The Hall–Kier alpha value is -3.09. The van der Waals surface area contributed by atoms with Crippen LogP contribution in [0.25, 0.3) is 0 Å². The van der Waals surface area contributed by atoms with Crippen LogP contribution in [0, 0.1) is 6.92 Å². The van der Waals surface area contributed by atoms with E-state index in [9.17, 15) is 9.59 Å². The zero-order valence-electron chi connectivity index (χ0n) is 14.9. The summed E-state index contributed by atoms with van der Waals surface area (Å²) in [6.45, 7) is 4.88. The number of hydrogen-bond donors (Lipinski definition) is 2. The summed E-state index contributed by atoms with van der Waals surface area (Å²) < 4.78 is 5.41. The number of urea groups is 1. The topological polar surface area (TPSA) is 83.6 Å². The van der Waals surface area contributed by atoms with Crippen molar-refractivity contribution in [2.45, 2.75) is 26.3 Å². The molecule has 0 aliphatic carbocycles. The lowest BCUT2D eigenvalue weighted by molar-refractivity contribution is -0.117. The second-order valence-electron chi connectivity index (χ2n) is 6.15. The van der Waals surface area contributed by atoms with E-state index < -0.39 is 0 Å². The fraction of sp³-hybridized carbons (Fsp3) is 0.316. The highest BCUT2D eigenvalue weighted by atomic mass is 16.5. The molecule has 1 atom stereocenters. The van der Waals surface area contributed by atoms with Crippen molar-refractivity contribution in [3.63, 3.8) is 0 Å². The van der Waals surface area contributed by atoms with Crippen molar-refractivity contribution in [2.75, 3.05) is 23.4 Å². The Morgan fingerprint density at radius 3 is 2.77 bits per heavy atom. The van der Waals surface area contributed by atoms with E-state index in [1.807, 2.05) is 44.2 Å². The van der Waals surface area contributed by atoms with Crippen LogP contribution in [0.5, 0.6) is 5.75 Å². The zero-order chi connectivity index (χ0) is 18.5. The molecule has 0 saturated carbocycles. The minimum absolute atomic E-state index is 0.0202. The van der Waals surface area contributed by atoms with Gasteiger partial charge in [-0.3, -0.25) is 10.1 Å². The molecular formula is C19H22N4O3. The van der Waals surface area contributed by atoms with E-state index in [0.717, 1.165) is 17.0 Å². The van der Waals surface area contributed by atoms with Crippen molar-refractivity contribution < 1.29 is 14.3 Å². The molecular weight excluding hydrogens is 332 g/mol. The maximum atomic E-state index is 12.3. The number of carbonyl (C=O) groups excluding carboxylic acids is 2. The minimum Gasteiger partial charge on any atom is -0.494 e. The largest absolute Gasteiger partial charge is 0.494 e. The van der Waals surface area contributed by atoms with E-state index in [-0.39, 0.29) is 24.4 Å². The van der Waals surface area contributed by atoms with Crippen molar-refractivity contribution in [3.8, 4) is 5.75 Å². The van der Waals surface area contributed by atoms with E-state index in [0.29, 0.717) is 19.0 Å². The number of carbonyl (C=O) groups is 2. The molecule has 0 bridgehead atoms. The van der Waals surface area contributed by atoms with Crippen LogP contribution in [0.3, 0.4) is 0 Å². The SMILES string of the molecule is CCOc1ccc(N2CC(NC(=O)Nc3cc(C)ccn3)CC2=O)cc1. The Balaban J connectivity index is 1.58. The first-order valence-electron chi connectivity index (χ1n) is 8.58. The number of pyridine rings is 1. The molecule has 1 fully saturated rings. The summed E-state index contributed by atoms with van der Waals surface area (Å²) in [5.74, 6) is 1.23. The molecule has 136 valence electrons. The lowest BCUT2D eigenvalue weighted by Crippen LogP contribution is -2.39. The summed E-state index contributed by atoms with van der Waals surface area (Å²) in [4.78, 5) is 30.2. The van der Waals surface area contributed by atoms with Gasteiger partial charge >= 0.3 is 6.03 Å². The predicted molar refractivity (Wildman–Crippen MR) is 99.5 cm³/mol. The van der Waals surface area contributed by atoms with Gasteiger partial charge in [-0.15, -0.1) is 0 Å². The number of anilines is 2. The normalized spacial score (nSPS) is 16.5. The number of benzene rings is 1. The number of hydrogen-bond acceptors (Lipinski definition) is 4. The molecule has 7 heteroatoms. The van der Waals surface area contributed by atoms with Gasteiger partial charge in [-0.25, -0.2) is 9.78 Å². The molecule has 1 aliphatic rings. The zero-order valence-corrected chi connectivity index (χ0v) is 14.9. The molecule has 1 aromatic carbocycles. The molecule has 3 amide bonds. The Kier molecular flexibility index (Phi) is 5.36. The van der Waals surface area contributed by atoms with E-state index in [4.69, 9.17) is 4.74 Å².